The molecule has 0 aliphatic heterocycles. The summed E-state index contributed by atoms with van der Waals surface area (Å²) >= 11 is 6.35. The number of anilines is 1. The molecule has 0 saturated heterocycles. The normalized spacial score (nSPS) is 12.2. The van der Waals surface area contributed by atoms with Gasteiger partial charge in [-0.15, -0.1) is 0 Å². The third-order valence-electron chi connectivity index (χ3n) is 5.23. The van der Waals surface area contributed by atoms with Crippen LogP contribution in [-0.2, 0) is 26.2 Å². The summed E-state index contributed by atoms with van der Waals surface area (Å²) in [5, 5.41) is 3.30. The first-order valence-electron chi connectivity index (χ1n) is 11.5. The van der Waals surface area contributed by atoms with Gasteiger partial charge in [-0.2, -0.15) is 0 Å². The summed E-state index contributed by atoms with van der Waals surface area (Å²) < 4.78 is 32.2. The first-order chi connectivity index (χ1) is 16.5. The summed E-state index contributed by atoms with van der Waals surface area (Å²) in [5.74, 6) is -0.508. The summed E-state index contributed by atoms with van der Waals surface area (Å²) in [6.45, 7) is 7.13. The first kappa shape index (κ1) is 28.5. The van der Waals surface area contributed by atoms with E-state index in [0.29, 0.717) is 29.4 Å². The van der Waals surface area contributed by atoms with Gasteiger partial charge in [0, 0.05) is 17.6 Å². The lowest BCUT2D eigenvalue weighted by atomic mass is 10.1. The molecule has 0 aliphatic rings. The van der Waals surface area contributed by atoms with Crippen molar-refractivity contribution in [3.05, 3.63) is 59.1 Å². The van der Waals surface area contributed by atoms with Crippen LogP contribution in [0.4, 0.5) is 5.69 Å². The van der Waals surface area contributed by atoms with E-state index in [1.54, 1.807) is 62.4 Å². The number of carbonyl (C=O) groups excluding carboxylic acids is 2. The molecule has 8 nitrogen and oxygen atoms in total. The van der Waals surface area contributed by atoms with Crippen LogP contribution in [0.5, 0.6) is 5.75 Å². The Bertz CT molecular complexity index is 1120. The molecule has 0 spiro atoms. The Morgan fingerprint density at radius 3 is 2.26 bits per heavy atom. The van der Waals surface area contributed by atoms with Crippen LogP contribution in [0.3, 0.4) is 0 Å². The third kappa shape index (κ3) is 7.86. The molecule has 2 rings (SSSR count). The molecule has 192 valence electrons. The zero-order chi connectivity index (χ0) is 26.2. The van der Waals surface area contributed by atoms with E-state index < -0.39 is 28.5 Å². The van der Waals surface area contributed by atoms with Crippen molar-refractivity contribution in [2.75, 3.05) is 23.7 Å². The monoisotopic (exact) mass is 523 g/mol. The lowest BCUT2D eigenvalue weighted by molar-refractivity contribution is -0.140. The first-order valence-corrected chi connectivity index (χ1v) is 13.7. The highest BCUT2D eigenvalue weighted by molar-refractivity contribution is 7.92. The Morgan fingerprint density at radius 2 is 1.69 bits per heavy atom. The summed E-state index contributed by atoms with van der Waals surface area (Å²) in [4.78, 5) is 28.1. The van der Waals surface area contributed by atoms with E-state index in [4.69, 9.17) is 16.3 Å². The molecule has 0 fully saturated rings. The summed E-state index contributed by atoms with van der Waals surface area (Å²) in [6.07, 6.45) is 1.37. The molecular weight excluding hydrogens is 490 g/mol. The minimum atomic E-state index is -3.86. The van der Waals surface area contributed by atoms with E-state index in [-0.39, 0.29) is 24.2 Å². The average Bonchev–Trinajstić information content (AvgIpc) is 2.78. The molecule has 2 amide bonds. The van der Waals surface area contributed by atoms with Gasteiger partial charge in [0.05, 0.1) is 18.6 Å². The molecule has 1 N–H and O–H groups in total. The molecule has 35 heavy (non-hydrogen) atoms. The standard InChI is InChI=1S/C25H34ClN3O5S/c1-6-21(25(31)27-18(3)4)28(16-19-12-8-9-13-20(19)26)24(30)17-29(35(5,32)33)22-14-10-11-15-23(22)34-7-2/h8-15,18,21H,6-7,16-17H2,1-5H3,(H,27,31). The minimum absolute atomic E-state index is 0.0488. The summed E-state index contributed by atoms with van der Waals surface area (Å²) in [6, 6.07) is 12.7. The van der Waals surface area contributed by atoms with Gasteiger partial charge in [-0.3, -0.25) is 13.9 Å². The van der Waals surface area contributed by atoms with E-state index in [0.717, 1.165) is 10.6 Å². The Kier molecular flexibility index (Phi) is 10.4. The van der Waals surface area contributed by atoms with Crippen LogP contribution < -0.4 is 14.4 Å². The number of sulfonamides is 1. The number of rotatable bonds is 12. The Balaban J connectivity index is 2.50. The van der Waals surface area contributed by atoms with E-state index in [2.05, 4.69) is 5.32 Å². The molecular formula is C25H34ClN3O5S. The Labute approximate surface area is 213 Å². The molecule has 0 aromatic heterocycles. The number of hydrogen-bond acceptors (Lipinski definition) is 5. The lowest BCUT2D eigenvalue weighted by Crippen LogP contribution is -2.53. The highest BCUT2D eigenvalue weighted by Crippen LogP contribution is 2.30. The molecule has 1 unspecified atom stereocenters. The minimum Gasteiger partial charge on any atom is -0.492 e. The van der Waals surface area contributed by atoms with Gasteiger partial charge in [0.1, 0.15) is 18.3 Å². The van der Waals surface area contributed by atoms with Gasteiger partial charge in [0.2, 0.25) is 21.8 Å². The van der Waals surface area contributed by atoms with Crippen LogP contribution in [0, 0.1) is 0 Å². The number of para-hydroxylation sites is 2. The van der Waals surface area contributed by atoms with Crippen LogP contribution in [0.15, 0.2) is 48.5 Å². The molecule has 0 heterocycles. The van der Waals surface area contributed by atoms with Gasteiger partial charge in [-0.1, -0.05) is 48.9 Å². The largest absolute Gasteiger partial charge is 0.492 e. The third-order valence-corrected chi connectivity index (χ3v) is 6.72. The maximum absolute atomic E-state index is 13.7. The number of nitrogens with one attached hydrogen (secondary N) is 1. The van der Waals surface area contributed by atoms with Crippen LogP contribution >= 0.6 is 11.6 Å². The van der Waals surface area contributed by atoms with Crippen LogP contribution in [0.1, 0.15) is 39.7 Å². The predicted molar refractivity (Wildman–Crippen MR) is 139 cm³/mol. The zero-order valence-corrected chi connectivity index (χ0v) is 22.4. The van der Waals surface area contributed by atoms with Crippen molar-refractivity contribution in [1.82, 2.24) is 10.2 Å². The summed E-state index contributed by atoms with van der Waals surface area (Å²) in [7, 11) is -3.86. The number of nitrogens with zero attached hydrogens (tertiary/aromatic N) is 2. The van der Waals surface area contributed by atoms with E-state index in [1.807, 2.05) is 13.8 Å². The zero-order valence-electron chi connectivity index (χ0n) is 20.8. The Morgan fingerprint density at radius 1 is 1.06 bits per heavy atom. The van der Waals surface area contributed by atoms with E-state index in [9.17, 15) is 18.0 Å². The second-order valence-corrected chi connectivity index (χ2v) is 10.7. The van der Waals surface area contributed by atoms with Crippen molar-refractivity contribution in [2.45, 2.75) is 52.7 Å². The van der Waals surface area contributed by atoms with Crippen molar-refractivity contribution >= 4 is 39.1 Å². The molecule has 1 atom stereocenters. The van der Waals surface area contributed by atoms with Gasteiger partial charge in [0.25, 0.3) is 0 Å². The van der Waals surface area contributed by atoms with Crippen molar-refractivity contribution in [1.29, 1.82) is 0 Å². The molecule has 0 saturated carbocycles. The molecule has 0 bridgehead atoms. The number of halogens is 1. The number of carbonyl (C=O) groups is 2. The second-order valence-electron chi connectivity index (χ2n) is 8.37. The van der Waals surface area contributed by atoms with Crippen molar-refractivity contribution in [2.24, 2.45) is 0 Å². The van der Waals surface area contributed by atoms with Crippen molar-refractivity contribution < 1.29 is 22.7 Å². The maximum Gasteiger partial charge on any atom is 0.244 e. The fourth-order valence-corrected chi connectivity index (χ4v) is 4.69. The maximum atomic E-state index is 13.7. The van der Waals surface area contributed by atoms with Gasteiger partial charge in [-0.25, -0.2) is 8.42 Å². The quantitative estimate of drug-likeness (QED) is 0.456. The van der Waals surface area contributed by atoms with Gasteiger partial charge in [0.15, 0.2) is 0 Å². The van der Waals surface area contributed by atoms with Crippen molar-refractivity contribution in [3.8, 4) is 5.75 Å². The van der Waals surface area contributed by atoms with Crippen LogP contribution in [0.25, 0.3) is 0 Å². The fourth-order valence-electron chi connectivity index (χ4n) is 3.65. The Hall–Kier alpha value is -2.78. The highest BCUT2D eigenvalue weighted by atomic mass is 35.5. The summed E-state index contributed by atoms with van der Waals surface area (Å²) in [5.41, 5.74) is 0.904. The molecule has 10 heteroatoms. The van der Waals surface area contributed by atoms with Crippen molar-refractivity contribution in [3.63, 3.8) is 0 Å². The number of ether oxygens (including phenoxy) is 1. The fraction of sp³-hybridized carbons (Fsp3) is 0.440. The molecule has 2 aromatic carbocycles. The topological polar surface area (TPSA) is 96.0 Å². The molecule has 0 radical (unpaired) electrons. The van der Waals surface area contributed by atoms with Crippen LogP contribution in [0.2, 0.25) is 5.02 Å². The van der Waals surface area contributed by atoms with Gasteiger partial charge in [-0.05, 0) is 51.0 Å². The second kappa shape index (κ2) is 12.8. The van der Waals surface area contributed by atoms with E-state index >= 15 is 0 Å². The average molecular weight is 524 g/mol. The predicted octanol–water partition coefficient (Wildman–Crippen LogP) is 3.84. The van der Waals surface area contributed by atoms with Crippen LogP contribution in [-0.4, -0.2) is 56.6 Å². The SMILES string of the molecule is CCOc1ccccc1N(CC(=O)N(Cc1ccccc1Cl)C(CC)C(=O)NC(C)C)S(C)(=O)=O. The number of benzene rings is 2. The molecule has 2 aromatic rings. The lowest BCUT2D eigenvalue weighted by Gasteiger charge is -2.33. The number of hydrogen-bond donors (Lipinski definition) is 1. The van der Waals surface area contributed by atoms with E-state index in [1.165, 1.54) is 4.90 Å². The smallest absolute Gasteiger partial charge is 0.244 e. The van der Waals surface area contributed by atoms with Gasteiger partial charge < -0.3 is 15.0 Å². The highest BCUT2D eigenvalue weighted by Gasteiger charge is 2.33. The molecule has 0 aliphatic carbocycles. The number of amides is 2. The van der Waals surface area contributed by atoms with Gasteiger partial charge >= 0.3 is 0 Å².